The topological polar surface area (TPSA) is 41.0 Å². The molecule has 2 aromatic heterocycles. The van der Waals surface area contributed by atoms with E-state index in [9.17, 15) is 0 Å². The molecule has 1 aliphatic rings. The van der Waals surface area contributed by atoms with Crippen LogP contribution in [0.5, 0.6) is 0 Å². The number of anilines is 1. The molecule has 4 nitrogen and oxygen atoms in total. The molecule has 1 aliphatic heterocycles. The summed E-state index contributed by atoms with van der Waals surface area (Å²) < 4.78 is 0. The number of hydrogen-bond acceptors (Lipinski definition) is 5. The van der Waals surface area contributed by atoms with E-state index in [0.29, 0.717) is 5.92 Å². The average molecular weight is 274 g/mol. The van der Waals surface area contributed by atoms with Crippen LogP contribution in [0.15, 0.2) is 35.3 Å². The SMILES string of the molecule is c1ccc(NC[C@@H]2CCN(Cc3cscn3)C2)nc1. The van der Waals surface area contributed by atoms with Crippen molar-refractivity contribution in [3.8, 4) is 0 Å². The van der Waals surface area contributed by atoms with E-state index in [-0.39, 0.29) is 0 Å². The molecule has 0 unspecified atom stereocenters. The average Bonchev–Trinajstić information content (AvgIpc) is 3.10. The third kappa shape index (κ3) is 3.52. The molecular formula is C14H18N4S. The normalized spacial score (nSPS) is 19.7. The molecular weight excluding hydrogens is 256 g/mol. The molecule has 0 bridgehead atoms. The standard InChI is InChI=1S/C14H18N4S/c1-2-5-15-14(3-1)16-7-12-4-6-18(8-12)9-13-10-19-11-17-13/h1-3,5,10-12H,4,6-9H2,(H,15,16)/t12-/m0/s1. The fourth-order valence-electron chi connectivity index (χ4n) is 2.48. The second kappa shape index (κ2) is 6.12. The van der Waals surface area contributed by atoms with E-state index in [1.807, 2.05) is 29.9 Å². The highest BCUT2D eigenvalue weighted by molar-refractivity contribution is 7.07. The minimum atomic E-state index is 0.709. The van der Waals surface area contributed by atoms with Crippen LogP contribution in [0.25, 0.3) is 0 Å². The lowest BCUT2D eigenvalue weighted by Crippen LogP contribution is -2.22. The third-order valence-electron chi connectivity index (χ3n) is 3.48. The molecule has 3 rings (SSSR count). The molecule has 0 saturated carbocycles. The highest BCUT2D eigenvalue weighted by Gasteiger charge is 2.22. The summed E-state index contributed by atoms with van der Waals surface area (Å²) in [7, 11) is 0. The first-order chi connectivity index (χ1) is 9.40. The van der Waals surface area contributed by atoms with Gasteiger partial charge in [-0.05, 0) is 31.0 Å². The Morgan fingerprint density at radius 2 is 2.37 bits per heavy atom. The van der Waals surface area contributed by atoms with Gasteiger partial charge in [-0.3, -0.25) is 4.90 Å². The van der Waals surface area contributed by atoms with Crippen LogP contribution in [0.2, 0.25) is 0 Å². The molecule has 2 aromatic rings. The summed E-state index contributed by atoms with van der Waals surface area (Å²) in [5.74, 6) is 1.68. The molecule has 0 spiro atoms. The number of rotatable bonds is 5. The Balaban J connectivity index is 1.44. The number of nitrogens with one attached hydrogen (secondary N) is 1. The number of thiazole rings is 1. The van der Waals surface area contributed by atoms with Gasteiger partial charge in [-0.1, -0.05) is 6.07 Å². The van der Waals surface area contributed by atoms with Crippen molar-refractivity contribution in [1.82, 2.24) is 14.9 Å². The summed E-state index contributed by atoms with van der Waals surface area (Å²) in [6.45, 7) is 4.32. The second-order valence-corrected chi connectivity index (χ2v) is 5.68. The lowest BCUT2D eigenvalue weighted by atomic mass is 10.1. The number of aromatic nitrogens is 2. The van der Waals surface area contributed by atoms with Crippen LogP contribution in [-0.4, -0.2) is 34.5 Å². The maximum absolute atomic E-state index is 4.35. The molecule has 1 atom stereocenters. The van der Waals surface area contributed by atoms with Gasteiger partial charge in [0.2, 0.25) is 0 Å². The van der Waals surface area contributed by atoms with Gasteiger partial charge in [0.1, 0.15) is 5.82 Å². The molecule has 3 heterocycles. The minimum Gasteiger partial charge on any atom is -0.370 e. The highest BCUT2D eigenvalue weighted by Crippen LogP contribution is 2.19. The van der Waals surface area contributed by atoms with Gasteiger partial charge in [-0.15, -0.1) is 11.3 Å². The zero-order valence-corrected chi connectivity index (χ0v) is 11.6. The molecule has 0 amide bonds. The predicted octanol–water partition coefficient (Wildman–Crippen LogP) is 2.47. The summed E-state index contributed by atoms with van der Waals surface area (Å²) in [5.41, 5.74) is 3.11. The first-order valence-corrected chi connectivity index (χ1v) is 7.59. The van der Waals surface area contributed by atoms with E-state index >= 15 is 0 Å². The first-order valence-electron chi connectivity index (χ1n) is 6.64. The Labute approximate surface area is 117 Å². The van der Waals surface area contributed by atoms with Crippen molar-refractivity contribution in [2.24, 2.45) is 5.92 Å². The Kier molecular flexibility index (Phi) is 4.05. The second-order valence-electron chi connectivity index (χ2n) is 4.97. The van der Waals surface area contributed by atoms with Gasteiger partial charge in [-0.2, -0.15) is 0 Å². The molecule has 1 fully saturated rings. The van der Waals surface area contributed by atoms with E-state index in [1.165, 1.54) is 18.7 Å². The van der Waals surface area contributed by atoms with Gasteiger partial charge < -0.3 is 5.32 Å². The van der Waals surface area contributed by atoms with Crippen molar-refractivity contribution in [2.45, 2.75) is 13.0 Å². The lowest BCUT2D eigenvalue weighted by Gasteiger charge is -2.15. The fraction of sp³-hybridized carbons (Fsp3) is 0.429. The number of nitrogens with zero attached hydrogens (tertiary/aromatic N) is 3. The Bertz CT molecular complexity index is 485. The van der Waals surface area contributed by atoms with Crippen LogP contribution in [-0.2, 0) is 6.54 Å². The smallest absolute Gasteiger partial charge is 0.125 e. The summed E-state index contributed by atoms with van der Waals surface area (Å²) in [4.78, 5) is 11.1. The fourth-order valence-corrected chi connectivity index (χ4v) is 3.03. The van der Waals surface area contributed by atoms with Gasteiger partial charge in [0.25, 0.3) is 0 Å². The van der Waals surface area contributed by atoms with Gasteiger partial charge in [0.15, 0.2) is 0 Å². The monoisotopic (exact) mass is 274 g/mol. The quantitative estimate of drug-likeness (QED) is 0.909. The van der Waals surface area contributed by atoms with Crippen LogP contribution >= 0.6 is 11.3 Å². The van der Waals surface area contributed by atoms with Crippen LogP contribution < -0.4 is 5.32 Å². The predicted molar refractivity (Wildman–Crippen MR) is 78.2 cm³/mol. The van der Waals surface area contributed by atoms with Crippen molar-refractivity contribution >= 4 is 17.2 Å². The zero-order chi connectivity index (χ0) is 12.9. The van der Waals surface area contributed by atoms with E-state index < -0.39 is 0 Å². The molecule has 0 aliphatic carbocycles. The van der Waals surface area contributed by atoms with Crippen molar-refractivity contribution < 1.29 is 0 Å². The van der Waals surface area contributed by atoms with E-state index in [0.717, 1.165) is 25.5 Å². The van der Waals surface area contributed by atoms with Gasteiger partial charge in [-0.25, -0.2) is 9.97 Å². The minimum absolute atomic E-state index is 0.709. The molecule has 0 radical (unpaired) electrons. The van der Waals surface area contributed by atoms with Crippen LogP contribution in [0.1, 0.15) is 12.1 Å². The van der Waals surface area contributed by atoms with Gasteiger partial charge in [0, 0.05) is 31.2 Å². The molecule has 0 aromatic carbocycles. The third-order valence-corrected chi connectivity index (χ3v) is 4.11. The van der Waals surface area contributed by atoms with Crippen LogP contribution in [0.4, 0.5) is 5.82 Å². The Morgan fingerprint density at radius 3 is 3.16 bits per heavy atom. The molecule has 100 valence electrons. The summed E-state index contributed by atoms with van der Waals surface area (Å²) in [5, 5.41) is 5.55. The molecule has 1 N–H and O–H groups in total. The number of likely N-dealkylation sites (tertiary alicyclic amines) is 1. The lowest BCUT2D eigenvalue weighted by molar-refractivity contribution is 0.315. The zero-order valence-electron chi connectivity index (χ0n) is 10.8. The van der Waals surface area contributed by atoms with E-state index in [2.05, 4.69) is 25.6 Å². The summed E-state index contributed by atoms with van der Waals surface area (Å²) in [6, 6.07) is 5.97. The largest absolute Gasteiger partial charge is 0.370 e. The maximum atomic E-state index is 4.35. The maximum Gasteiger partial charge on any atom is 0.125 e. The van der Waals surface area contributed by atoms with Crippen molar-refractivity contribution in [3.63, 3.8) is 0 Å². The molecule has 19 heavy (non-hydrogen) atoms. The van der Waals surface area contributed by atoms with E-state index in [1.54, 1.807) is 11.3 Å². The summed E-state index contributed by atoms with van der Waals surface area (Å²) >= 11 is 1.67. The van der Waals surface area contributed by atoms with Gasteiger partial charge >= 0.3 is 0 Å². The van der Waals surface area contributed by atoms with Crippen molar-refractivity contribution in [1.29, 1.82) is 0 Å². The highest BCUT2D eigenvalue weighted by atomic mass is 32.1. The Hall–Kier alpha value is -1.46. The molecule has 1 saturated heterocycles. The Morgan fingerprint density at radius 1 is 1.37 bits per heavy atom. The first kappa shape index (κ1) is 12.6. The van der Waals surface area contributed by atoms with Crippen LogP contribution in [0.3, 0.4) is 0 Å². The number of hydrogen-bond donors (Lipinski definition) is 1. The van der Waals surface area contributed by atoms with E-state index in [4.69, 9.17) is 0 Å². The summed E-state index contributed by atoms with van der Waals surface area (Å²) in [6.07, 6.45) is 3.08. The van der Waals surface area contributed by atoms with Crippen LogP contribution in [0, 0.1) is 5.92 Å². The van der Waals surface area contributed by atoms with Crippen molar-refractivity contribution in [2.75, 3.05) is 25.0 Å². The molecule has 5 heteroatoms. The number of pyridine rings is 1. The van der Waals surface area contributed by atoms with Crippen molar-refractivity contribution in [3.05, 3.63) is 41.0 Å². The van der Waals surface area contributed by atoms with Gasteiger partial charge in [0.05, 0.1) is 11.2 Å².